The van der Waals surface area contributed by atoms with Gasteiger partial charge in [0.05, 0.1) is 0 Å². The van der Waals surface area contributed by atoms with Crippen LogP contribution in [-0.4, -0.2) is 25.8 Å². The van der Waals surface area contributed by atoms with Crippen LogP contribution in [0.4, 0.5) is 10.5 Å². The molecule has 4 nitrogen and oxygen atoms in total. The molecule has 1 rings (SSSR count). The first-order valence-corrected chi connectivity index (χ1v) is 9.79. The van der Waals surface area contributed by atoms with Crippen molar-refractivity contribution >= 4 is 11.7 Å². The maximum atomic E-state index is 11.9. The number of rotatable bonds is 12. The average molecular weight is 349 g/mol. The standard InChI is InChI=1S/C21H36N2O2/c1-5-7-9-18(6-2)16-25-15-8-14-22-21(24)23-20-12-10-19(11-13-20)17(3)4/h10-13,17-18H,5-9,14-16H2,1-4H3,(H2,22,23,24). The molecule has 4 heteroatoms. The van der Waals surface area contributed by atoms with Gasteiger partial charge in [-0.15, -0.1) is 0 Å². The Bertz CT molecular complexity index is 471. The average Bonchev–Trinajstić information content (AvgIpc) is 2.61. The Morgan fingerprint density at radius 1 is 1.12 bits per heavy atom. The van der Waals surface area contributed by atoms with Gasteiger partial charge in [0.1, 0.15) is 0 Å². The van der Waals surface area contributed by atoms with E-state index in [1.165, 1.54) is 31.2 Å². The van der Waals surface area contributed by atoms with Crippen LogP contribution in [0.5, 0.6) is 0 Å². The van der Waals surface area contributed by atoms with Gasteiger partial charge >= 0.3 is 6.03 Å². The number of amides is 2. The van der Waals surface area contributed by atoms with Crippen molar-refractivity contribution in [2.45, 2.75) is 65.7 Å². The molecule has 0 radical (unpaired) electrons. The molecule has 0 fully saturated rings. The van der Waals surface area contributed by atoms with Crippen LogP contribution >= 0.6 is 0 Å². The molecule has 1 unspecified atom stereocenters. The van der Waals surface area contributed by atoms with Crippen LogP contribution in [0.1, 0.15) is 71.3 Å². The number of benzene rings is 1. The van der Waals surface area contributed by atoms with Gasteiger partial charge in [-0.2, -0.15) is 0 Å². The van der Waals surface area contributed by atoms with Crippen molar-refractivity contribution in [3.8, 4) is 0 Å². The first kappa shape index (κ1) is 21.5. The van der Waals surface area contributed by atoms with Gasteiger partial charge in [0.2, 0.25) is 0 Å². The molecule has 142 valence electrons. The van der Waals surface area contributed by atoms with E-state index in [-0.39, 0.29) is 6.03 Å². The zero-order valence-electron chi connectivity index (χ0n) is 16.4. The van der Waals surface area contributed by atoms with Crippen molar-refractivity contribution in [2.24, 2.45) is 5.92 Å². The first-order chi connectivity index (χ1) is 12.1. The zero-order chi connectivity index (χ0) is 18.5. The van der Waals surface area contributed by atoms with Crippen LogP contribution in [0.15, 0.2) is 24.3 Å². The number of urea groups is 1. The summed E-state index contributed by atoms with van der Waals surface area (Å²) in [6, 6.07) is 7.83. The smallest absolute Gasteiger partial charge is 0.319 e. The van der Waals surface area contributed by atoms with Crippen LogP contribution in [0, 0.1) is 5.92 Å². The maximum Gasteiger partial charge on any atom is 0.319 e. The van der Waals surface area contributed by atoms with E-state index in [0.29, 0.717) is 25.0 Å². The third-order valence-corrected chi connectivity index (χ3v) is 4.48. The van der Waals surface area contributed by atoms with E-state index < -0.39 is 0 Å². The number of carbonyl (C=O) groups excluding carboxylic acids is 1. The van der Waals surface area contributed by atoms with Gasteiger partial charge in [0, 0.05) is 25.4 Å². The summed E-state index contributed by atoms with van der Waals surface area (Å²) in [5.41, 5.74) is 2.09. The Balaban J connectivity index is 2.12. The van der Waals surface area contributed by atoms with E-state index in [2.05, 4.69) is 50.5 Å². The van der Waals surface area contributed by atoms with E-state index in [1.54, 1.807) is 0 Å². The molecule has 1 atom stereocenters. The van der Waals surface area contributed by atoms with Gasteiger partial charge in [0.15, 0.2) is 0 Å². The molecule has 0 saturated heterocycles. The molecule has 0 spiro atoms. The highest BCUT2D eigenvalue weighted by Gasteiger charge is 2.06. The number of unbranched alkanes of at least 4 members (excludes halogenated alkanes) is 1. The third-order valence-electron chi connectivity index (χ3n) is 4.48. The number of carbonyl (C=O) groups is 1. The molecule has 0 heterocycles. The Kier molecular flexibility index (Phi) is 11.0. The van der Waals surface area contributed by atoms with Crippen molar-refractivity contribution in [1.29, 1.82) is 0 Å². The second kappa shape index (κ2) is 12.8. The summed E-state index contributed by atoms with van der Waals surface area (Å²) in [5.74, 6) is 1.17. The molecule has 0 bridgehead atoms. The van der Waals surface area contributed by atoms with Crippen LogP contribution in [0.3, 0.4) is 0 Å². The fourth-order valence-electron chi connectivity index (χ4n) is 2.65. The van der Waals surface area contributed by atoms with E-state index in [9.17, 15) is 4.79 Å². The Morgan fingerprint density at radius 3 is 2.44 bits per heavy atom. The molecule has 0 aromatic heterocycles. The van der Waals surface area contributed by atoms with E-state index >= 15 is 0 Å². The van der Waals surface area contributed by atoms with E-state index in [1.807, 2.05) is 12.1 Å². The second-order valence-electron chi connectivity index (χ2n) is 7.00. The largest absolute Gasteiger partial charge is 0.381 e. The second-order valence-corrected chi connectivity index (χ2v) is 7.00. The summed E-state index contributed by atoms with van der Waals surface area (Å²) >= 11 is 0. The van der Waals surface area contributed by atoms with E-state index in [0.717, 1.165) is 18.7 Å². The molecule has 1 aromatic carbocycles. The van der Waals surface area contributed by atoms with Crippen molar-refractivity contribution in [1.82, 2.24) is 5.32 Å². The van der Waals surface area contributed by atoms with Crippen LogP contribution in [0.25, 0.3) is 0 Å². The predicted molar refractivity (Wildman–Crippen MR) is 106 cm³/mol. The van der Waals surface area contributed by atoms with Crippen LogP contribution < -0.4 is 10.6 Å². The molecule has 2 N–H and O–H groups in total. The summed E-state index contributed by atoms with van der Waals surface area (Å²) in [7, 11) is 0. The molecule has 25 heavy (non-hydrogen) atoms. The molecule has 0 saturated carbocycles. The topological polar surface area (TPSA) is 50.4 Å². The predicted octanol–water partition coefficient (Wildman–Crippen LogP) is 5.55. The molecule has 0 aliphatic carbocycles. The lowest BCUT2D eigenvalue weighted by atomic mass is 10.0. The lowest BCUT2D eigenvalue weighted by molar-refractivity contribution is 0.0925. The SMILES string of the molecule is CCCCC(CC)COCCCNC(=O)Nc1ccc(C(C)C)cc1. The number of ether oxygens (including phenoxy) is 1. The van der Waals surface area contributed by atoms with Crippen molar-refractivity contribution in [2.75, 3.05) is 25.1 Å². The monoisotopic (exact) mass is 348 g/mol. The van der Waals surface area contributed by atoms with Crippen molar-refractivity contribution in [3.05, 3.63) is 29.8 Å². The molecule has 2 amide bonds. The molecular weight excluding hydrogens is 312 g/mol. The maximum absolute atomic E-state index is 11.9. The molecule has 1 aromatic rings. The van der Waals surface area contributed by atoms with Gasteiger partial charge in [-0.1, -0.05) is 59.1 Å². The molecular formula is C21H36N2O2. The lowest BCUT2D eigenvalue weighted by Gasteiger charge is -2.14. The summed E-state index contributed by atoms with van der Waals surface area (Å²) in [6.07, 6.45) is 5.79. The summed E-state index contributed by atoms with van der Waals surface area (Å²) < 4.78 is 5.75. The molecule has 0 aliphatic heterocycles. The van der Waals surface area contributed by atoms with Crippen molar-refractivity contribution in [3.63, 3.8) is 0 Å². The minimum atomic E-state index is -0.160. The van der Waals surface area contributed by atoms with Gasteiger partial charge in [-0.05, 0) is 42.4 Å². The fourth-order valence-corrected chi connectivity index (χ4v) is 2.65. The van der Waals surface area contributed by atoms with Crippen LogP contribution in [-0.2, 0) is 4.74 Å². The first-order valence-electron chi connectivity index (χ1n) is 9.79. The third kappa shape index (κ3) is 9.49. The highest BCUT2D eigenvalue weighted by atomic mass is 16.5. The van der Waals surface area contributed by atoms with Gasteiger partial charge in [0.25, 0.3) is 0 Å². The number of hydrogen-bond acceptors (Lipinski definition) is 2. The normalized spacial score (nSPS) is 12.2. The van der Waals surface area contributed by atoms with Crippen LogP contribution in [0.2, 0.25) is 0 Å². The zero-order valence-corrected chi connectivity index (χ0v) is 16.4. The van der Waals surface area contributed by atoms with Crippen molar-refractivity contribution < 1.29 is 9.53 Å². The number of hydrogen-bond donors (Lipinski definition) is 2. The highest BCUT2D eigenvalue weighted by Crippen LogP contribution is 2.17. The summed E-state index contributed by atoms with van der Waals surface area (Å²) in [4.78, 5) is 11.9. The van der Waals surface area contributed by atoms with Gasteiger partial charge in [-0.3, -0.25) is 0 Å². The number of nitrogens with one attached hydrogen (secondary N) is 2. The minimum absolute atomic E-state index is 0.160. The lowest BCUT2D eigenvalue weighted by Crippen LogP contribution is -2.30. The number of anilines is 1. The van der Waals surface area contributed by atoms with E-state index in [4.69, 9.17) is 4.74 Å². The minimum Gasteiger partial charge on any atom is -0.381 e. The Morgan fingerprint density at radius 2 is 1.84 bits per heavy atom. The fraction of sp³-hybridized carbons (Fsp3) is 0.667. The van der Waals surface area contributed by atoms with Gasteiger partial charge < -0.3 is 15.4 Å². The summed E-state index contributed by atoms with van der Waals surface area (Å²) in [5, 5.41) is 5.73. The summed E-state index contributed by atoms with van der Waals surface area (Å²) in [6.45, 7) is 10.9. The quantitative estimate of drug-likeness (QED) is 0.486. The molecule has 0 aliphatic rings. The Labute approximate surface area is 153 Å². The highest BCUT2D eigenvalue weighted by molar-refractivity contribution is 5.89. The Hall–Kier alpha value is -1.55. The van der Waals surface area contributed by atoms with Gasteiger partial charge in [-0.25, -0.2) is 4.79 Å².